The van der Waals surface area contributed by atoms with Crippen molar-refractivity contribution in [2.24, 2.45) is 0 Å². The van der Waals surface area contributed by atoms with E-state index in [-0.39, 0.29) is 17.4 Å². The fourth-order valence-electron chi connectivity index (χ4n) is 2.58. The molecule has 140 valence electrons. The largest absolute Gasteiger partial charge is 0.348 e. The third-order valence-electron chi connectivity index (χ3n) is 3.93. The normalized spacial score (nSPS) is 11.0. The number of aromatic nitrogens is 2. The fraction of sp³-hybridized carbons (Fsp3) is 0.211. The Kier molecular flexibility index (Phi) is 5.73. The van der Waals surface area contributed by atoms with E-state index in [0.29, 0.717) is 29.3 Å². The summed E-state index contributed by atoms with van der Waals surface area (Å²) in [5.41, 5.74) is 1.19. The smallest absolute Gasteiger partial charge is 0.287 e. The highest BCUT2D eigenvalue weighted by molar-refractivity contribution is 6.34. The number of para-hydroxylation sites is 1. The Morgan fingerprint density at radius 1 is 1.11 bits per heavy atom. The number of benzene rings is 1. The number of imidazole rings is 1. The van der Waals surface area contributed by atoms with Gasteiger partial charge in [-0.3, -0.25) is 14.0 Å². The summed E-state index contributed by atoms with van der Waals surface area (Å²) in [5, 5.41) is 5.99. The maximum Gasteiger partial charge on any atom is 0.287 e. The predicted molar refractivity (Wildman–Crippen MR) is 105 cm³/mol. The van der Waals surface area contributed by atoms with Crippen molar-refractivity contribution < 1.29 is 9.59 Å². The molecule has 0 saturated carbocycles. The fourth-order valence-corrected chi connectivity index (χ4v) is 2.76. The van der Waals surface area contributed by atoms with E-state index in [1.807, 2.05) is 19.0 Å². The SMILES string of the molecule is CN(C)CCNC(=O)c1nc(C(=O)Nc2ccccc2Cl)c2ccccn12. The number of nitrogens with zero attached hydrogens (tertiary/aromatic N) is 3. The van der Waals surface area contributed by atoms with E-state index in [9.17, 15) is 9.59 Å². The highest BCUT2D eigenvalue weighted by Gasteiger charge is 2.21. The third-order valence-corrected chi connectivity index (χ3v) is 4.26. The van der Waals surface area contributed by atoms with E-state index in [0.717, 1.165) is 0 Å². The summed E-state index contributed by atoms with van der Waals surface area (Å²) in [5.74, 6) is -0.609. The van der Waals surface area contributed by atoms with Gasteiger partial charge in [0.1, 0.15) is 0 Å². The lowest BCUT2D eigenvalue weighted by molar-refractivity contribution is 0.0940. The van der Waals surface area contributed by atoms with Gasteiger partial charge in [-0.25, -0.2) is 4.98 Å². The Hall–Kier alpha value is -2.90. The lowest BCUT2D eigenvalue weighted by Gasteiger charge is -2.09. The first-order valence-corrected chi connectivity index (χ1v) is 8.81. The minimum Gasteiger partial charge on any atom is -0.348 e. The van der Waals surface area contributed by atoms with Gasteiger partial charge in [0.15, 0.2) is 5.69 Å². The Labute approximate surface area is 162 Å². The molecule has 7 nitrogen and oxygen atoms in total. The number of likely N-dealkylation sites (N-methyl/N-ethyl adjacent to an activating group) is 1. The number of pyridine rings is 1. The standard InChI is InChI=1S/C19H20ClN5O2/c1-24(2)12-10-21-19(27)17-23-16(15-9-5-6-11-25(15)17)18(26)22-14-8-4-3-7-13(14)20/h3-9,11H,10,12H2,1-2H3,(H,21,27)(H,22,26). The van der Waals surface area contributed by atoms with Gasteiger partial charge in [0.25, 0.3) is 11.8 Å². The van der Waals surface area contributed by atoms with Crippen molar-refractivity contribution in [1.29, 1.82) is 0 Å². The molecule has 8 heteroatoms. The quantitative estimate of drug-likeness (QED) is 0.683. The Balaban J connectivity index is 1.89. The molecule has 0 spiro atoms. The van der Waals surface area contributed by atoms with E-state index < -0.39 is 5.91 Å². The molecule has 3 aromatic rings. The van der Waals surface area contributed by atoms with Crippen LogP contribution in [0, 0.1) is 0 Å². The highest BCUT2D eigenvalue weighted by Crippen LogP contribution is 2.22. The van der Waals surface area contributed by atoms with Gasteiger partial charge in [-0.05, 0) is 38.4 Å². The molecule has 0 radical (unpaired) electrons. The number of hydrogen-bond donors (Lipinski definition) is 2. The van der Waals surface area contributed by atoms with Crippen molar-refractivity contribution >= 4 is 34.6 Å². The molecular formula is C19H20ClN5O2. The third kappa shape index (κ3) is 4.27. The molecule has 0 aliphatic carbocycles. The summed E-state index contributed by atoms with van der Waals surface area (Å²) in [6.07, 6.45) is 1.70. The van der Waals surface area contributed by atoms with E-state index >= 15 is 0 Å². The predicted octanol–water partition coefficient (Wildman–Crippen LogP) is 2.53. The minimum atomic E-state index is -0.431. The molecule has 2 heterocycles. The molecule has 2 amide bonds. The van der Waals surface area contributed by atoms with E-state index in [1.165, 1.54) is 0 Å². The van der Waals surface area contributed by atoms with Gasteiger partial charge in [0.2, 0.25) is 5.82 Å². The second kappa shape index (κ2) is 8.20. The highest BCUT2D eigenvalue weighted by atomic mass is 35.5. The van der Waals surface area contributed by atoms with Crippen LogP contribution in [0.4, 0.5) is 5.69 Å². The Bertz CT molecular complexity index is 983. The molecule has 0 unspecified atom stereocenters. The molecule has 0 atom stereocenters. The topological polar surface area (TPSA) is 78.7 Å². The van der Waals surface area contributed by atoms with E-state index in [1.54, 1.807) is 53.1 Å². The number of halogens is 1. The van der Waals surface area contributed by atoms with Gasteiger partial charge >= 0.3 is 0 Å². The van der Waals surface area contributed by atoms with Gasteiger partial charge in [-0.15, -0.1) is 0 Å². The maximum atomic E-state index is 12.7. The van der Waals surface area contributed by atoms with E-state index in [2.05, 4.69) is 15.6 Å². The van der Waals surface area contributed by atoms with Crippen molar-refractivity contribution in [2.45, 2.75) is 0 Å². The number of anilines is 1. The van der Waals surface area contributed by atoms with Gasteiger partial charge in [-0.2, -0.15) is 0 Å². The summed E-state index contributed by atoms with van der Waals surface area (Å²) in [6.45, 7) is 1.18. The number of amides is 2. The lowest BCUT2D eigenvalue weighted by atomic mass is 10.3. The Morgan fingerprint density at radius 3 is 2.59 bits per heavy atom. The second-order valence-electron chi connectivity index (χ2n) is 6.23. The molecule has 1 aromatic carbocycles. The average Bonchev–Trinajstić information content (AvgIpc) is 3.03. The summed E-state index contributed by atoms with van der Waals surface area (Å²) >= 11 is 6.10. The second-order valence-corrected chi connectivity index (χ2v) is 6.64. The Morgan fingerprint density at radius 2 is 1.85 bits per heavy atom. The number of rotatable bonds is 6. The number of carbonyl (C=O) groups excluding carboxylic acids is 2. The zero-order valence-electron chi connectivity index (χ0n) is 15.1. The number of carbonyl (C=O) groups is 2. The van der Waals surface area contributed by atoms with Crippen LogP contribution in [-0.4, -0.2) is 53.3 Å². The monoisotopic (exact) mass is 385 g/mol. The zero-order valence-corrected chi connectivity index (χ0v) is 15.8. The molecule has 0 fully saturated rings. The van der Waals surface area contributed by atoms with Crippen LogP contribution in [0.5, 0.6) is 0 Å². The number of hydrogen-bond acceptors (Lipinski definition) is 4. The van der Waals surface area contributed by atoms with Crippen molar-refractivity contribution in [3.8, 4) is 0 Å². The molecule has 0 bridgehead atoms. The number of fused-ring (bicyclic) bond motifs is 1. The molecule has 0 aliphatic heterocycles. The molecule has 27 heavy (non-hydrogen) atoms. The maximum absolute atomic E-state index is 12.7. The molecule has 2 N–H and O–H groups in total. The van der Waals surface area contributed by atoms with Crippen LogP contribution < -0.4 is 10.6 Å². The van der Waals surface area contributed by atoms with Crippen LogP contribution in [0.1, 0.15) is 21.1 Å². The summed E-state index contributed by atoms with van der Waals surface area (Å²) in [7, 11) is 3.85. The minimum absolute atomic E-state index is 0.160. The van der Waals surface area contributed by atoms with Crippen molar-refractivity contribution in [2.75, 3.05) is 32.5 Å². The van der Waals surface area contributed by atoms with Crippen molar-refractivity contribution in [3.63, 3.8) is 0 Å². The van der Waals surface area contributed by atoms with Gasteiger partial charge in [-0.1, -0.05) is 29.8 Å². The van der Waals surface area contributed by atoms with Crippen molar-refractivity contribution in [3.05, 3.63) is 65.2 Å². The van der Waals surface area contributed by atoms with Crippen LogP contribution >= 0.6 is 11.6 Å². The zero-order chi connectivity index (χ0) is 19.4. The molecule has 3 rings (SSSR count). The van der Waals surface area contributed by atoms with E-state index in [4.69, 9.17) is 11.6 Å². The summed E-state index contributed by atoms with van der Waals surface area (Å²) in [4.78, 5) is 31.5. The van der Waals surface area contributed by atoms with Crippen LogP contribution in [-0.2, 0) is 0 Å². The van der Waals surface area contributed by atoms with Crippen LogP contribution in [0.25, 0.3) is 5.52 Å². The number of nitrogens with one attached hydrogen (secondary N) is 2. The first-order chi connectivity index (χ1) is 13.0. The lowest BCUT2D eigenvalue weighted by Crippen LogP contribution is -2.32. The molecular weight excluding hydrogens is 366 g/mol. The average molecular weight is 386 g/mol. The first-order valence-electron chi connectivity index (χ1n) is 8.43. The van der Waals surface area contributed by atoms with Crippen LogP contribution in [0.2, 0.25) is 5.02 Å². The molecule has 0 saturated heterocycles. The van der Waals surface area contributed by atoms with Crippen LogP contribution in [0.3, 0.4) is 0 Å². The molecule has 0 aliphatic rings. The molecule has 2 aromatic heterocycles. The van der Waals surface area contributed by atoms with Gasteiger partial charge in [0, 0.05) is 19.3 Å². The van der Waals surface area contributed by atoms with Crippen LogP contribution in [0.15, 0.2) is 48.7 Å². The van der Waals surface area contributed by atoms with Gasteiger partial charge < -0.3 is 15.5 Å². The first kappa shape index (κ1) is 18.9. The summed E-state index contributed by atoms with van der Waals surface area (Å²) in [6, 6.07) is 12.2. The summed E-state index contributed by atoms with van der Waals surface area (Å²) < 4.78 is 1.60. The van der Waals surface area contributed by atoms with Crippen molar-refractivity contribution in [1.82, 2.24) is 19.6 Å². The van der Waals surface area contributed by atoms with Gasteiger partial charge in [0.05, 0.1) is 16.2 Å².